The van der Waals surface area contributed by atoms with Crippen LogP contribution < -0.4 is 0 Å². The van der Waals surface area contributed by atoms with Crippen LogP contribution in [-0.2, 0) is 0 Å². The number of aromatic nitrogens is 2. The molecule has 1 aromatic carbocycles. The third-order valence-electron chi connectivity index (χ3n) is 5.39. The molecule has 1 unspecified atom stereocenters. The molecule has 2 aromatic rings. The first-order chi connectivity index (χ1) is 12.7. The van der Waals surface area contributed by atoms with Crippen molar-refractivity contribution in [3.05, 3.63) is 48.5 Å². The molecule has 1 aliphatic heterocycles. The number of hydrogen-bond donors (Lipinski definition) is 1. The molecule has 0 radical (unpaired) electrons. The van der Waals surface area contributed by atoms with Crippen molar-refractivity contribution in [3.8, 4) is 5.69 Å². The Bertz CT molecular complexity index is 674. The van der Waals surface area contributed by atoms with Crippen molar-refractivity contribution < 1.29 is 9.90 Å². The number of likely N-dealkylation sites (tertiary alicyclic amines) is 1. The molecule has 1 atom stereocenters. The molecule has 3 rings (SSSR count). The van der Waals surface area contributed by atoms with Crippen molar-refractivity contribution in [2.45, 2.75) is 51.6 Å². The fraction of sp³-hybridized carbons (Fsp3) is 0.524. The Labute approximate surface area is 155 Å². The molecule has 2 heterocycles. The summed E-state index contributed by atoms with van der Waals surface area (Å²) in [5, 5.41) is 10.4. The Balaban J connectivity index is 1.52. The summed E-state index contributed by atoms with van der Waals surface area (Å²) in [4.78, 5) is 18.7. The van der Waals surface area contributed by atoms with Crippen molar-refractivity contribution >= 4 is 5.91 Å². The molecule has 0 saturated carbocycles. The molecule has 1 N–H and O–H groups in total. The second kappa shape index (κ2) is 8.99. The van der Waals surface area contributed by atoms with Crippen LogP contribution in [0.15, 0.2) is 43.0 Å². The van der Waals surface area contributed by atoms with E-state index >= 15 is 0 Å². The number of amides is 1. The Hall–Kier alpha value is -2.14. The molecule has 1 aliphatic rings. The van der Waals surface area contributed by atoms with Crippen LogP contribution in [0, 0.1) is 5.92 Å². The van der Waals surface area contributed by atoms with E-state index in [0.717, 1.165) is 50.0 Å². The lowest BCUT2D eigenvalue weighted by molar-refractivity contribution is 0.0425. The molecule has 1 amide bonds. The predicted molar refractivity (Wildman–Crippen MR) is 102 cm³/mol. The van der Waals surface area contributed by atoms with Crippen molar-refractivity contribution in [2.24, 2.45) is 5.92 Å². The number of aliphatic hydroxyl groups is 1. The number of piperidine rings is 1. The van der Waals surface area contributed by atoms with E-state index in [2.05, 4.69) is 11.9 Å². The molecular formula is C21H29N3O2. The number of carbonyl (C=O) groups excluding carboxylic acids is 1. The van der Waals surface area contributed by atoms with Crippen LogP contribution in [0.5, 0.6) is 0 Å². The first-order valence-electron chi connectivity index (χ1n) is 9.74. The number of aliphatic hydroxyl groups excluding tert-OH is 1. The van der Waals surface area contributed by atoms with Crippen LogP contribution >= 0.6 is 0 Å². The first-order valence-corrected chi connectivity index (χ1v) is 9.74. The summed E-state index contributed by atoms with van der Waals surface area (Å²) in [5.41, 5.74) is 1.71. The topological polar surface area (TPSA) is 58.4 Å². The maximum absolute atomic E-state index is 12.7. The summed E-state index contributed by atoms with van der Waals surface area (Å²) < 4.78 is 1.92. The Morgan fingerprint density at radius 2 is 1.96 bits per heavy atom. The largest absolute Gasteiger partial charge is 0.393 e. The zero-order chi connectivity index (χ0) is 18.4. The minimum Gasteiger partial charge on any atom is -0.393 e. The van der Waals surface area contributed by atoms with Crippen LogP contribution in [-0.4, -0.2) is 44.7 Å². The van der Waals surface area contributed by atoms with Crippen molar-refractivity contribution in [2.75, 3.05) is 13.1 Å². The van der Waals surface area contributed by atoms with Crippen LogP contribution in [0.2, 0.25) is 0 Å². The Morgan fingerprint density at radius 3 is 2.58 bits per heavy atom. The second-order valence-electron chi connectivity index (χ2n) is 7.21. The summed E-state index contributed by atoms with van der Waals surface area (Å²) in [6, 6.07) is 7.64. The molecule has 1 fully saturated rings. The number of nitrogens with zero attached hydrogens (tertiary/aromatic N) is 3. The summed E-state index contributed by atoms with van der Waals surface area (Å²) in [5.74, 6) is 0.417. The number of unbranched alkanes of at least 4 members (excludes halogenated alkanes) is 2. The van der Waals surface area contributed by atoms with Gasteiger partial charge in [-0.15, -0.1) is 0 Å². The van der Waals surface area contributed by atoms with Gasteiger partial charge in [0.25, 0.3) is 5.91 Å². The van der Waals surface area contributed by atoms with Crippen LogP contribution in [0.3, 0.4) is 0 Å². The molecule has 5 heteroatoms. The van der Waals surface area contributed by atoms with Gasteiger partial charge in [-0.2, -0.15) is 0 Å². The van der Waals surface area contributed by atoms with Crippen molar-refractivity contribution in [1.29, 1.82) is 0 Å². The molecule has 1 aromatic heterocycles. The van der Waals surface area contributed by atoms with Crippen LogP contribution in [0.1, 0.15) is 55.8 Å². The first kappa shape index (κ1) is 18.6. The van der Waals surface area contributed by atoms with E-state index < -0.39 is 0 Å². The smallest absolute Gasteiger partial charge is 0.253 e. The Morgan fingerprint density at radius 1 is 1.23 bits per heavy atom. The van der Waals surface area contributed by atoms with Gasteiger partial charge < -0.3 is 14.6 Å². The summed E-state index contributed by atoms with van der Waals surface area (Å²) >= 11 is 0. The van der Waals surface area contributed by atoms with Gasteiger partial charge in [0, 0.05) is 36.7 Å². The van der Waals surface area contributed by atoms with Gasteiger partial charge in [0.15, 0.2) is 0 Å². The van der Waals surface area contributed by atoms with E-state index in [9.17, 15) is 9.90 Å². The van der Waals surface area contributed by atoms with E-state index in [1.807, 2.05) is 39.9 Å². The van der Waals surface area contributed by atoms with Gasteiger partial charge in [0.2, 0.25) is 0 Å². The molecule has 5 nitrogen and oxygen atoms in total. The lowest BCUT2D eigenvalue weighted by Crippen LogP contribution is -2.41. The molecule has 0 bridgehead atoms. The van der Waals surface area contributed by atoms with Crippen LogP contribution in [0.4, 0.5) is 0 Å². The molecule has 0 aliphatic carbocycles. The second-order valence-corrected chi connectivity index (χ2v) is 7.21. The lowest BCUT2D eigenvalue weighted by Gasteiger charge is -2.34. The van der Waals surface area contributed by atoms with Gasteiger partial charge >= 0.3 is 0 Å². The predicted octanol–water partition coefficient (Wildman–Crippen LogP) is 3.67. The van der Waals surface area contributed by atoms with Crippen molar-refractivity contribution in [3.63, 3.8) is 0 Å². The number of hydrogen-bond acceptors (Lipinski definition) is 3. The normalized spacial score (nSPS) is 16.6. The minimum absolute atomic E-state index is 0.0844. The number of carbonyl (C=O) groups is 1. The van der Waals surface area contributed by atoms with Crippen molar-refractivity contribution in [1.82, 2.24) is 14.5 Å². The van der Waals surface area contributed by atoms with Gasteiger partial charge in [-0.1, -0.05) is 26.2 Å². The van der Waals surface area contributed by atoms with Crippen LogP contribution in [0.25, 0.3) is 5.69 Å². The molecule has 26 heavy (non-hydrogen) atoms. The summed E-state index contributed by atoms with van der Waals surface area (Å²) in [6.07, 6.45) is 11.3. The molecule has 1 saturated heterocycles. The Kier molecular flexibility index (Phi) is 6.45. The monoisotopic (exact) mass is 355 g/mol. The zero-order valence-corrected chi connectivity index (χ0v) is 15.6. The maximum atomic E-state index is 12.7. The maximum Gasteiger partial charge on any atom is 0.253 e. The number of imidazole rings is 1. The summed E-state index contributed by atoms with van der Waals surface area (Å²) in [7, 11) is 0. The zero-order valence-electron chi connectivity index (χ0n) is 15.6. The highest BCUT2D eigenvalue weighted by Crippen LogP contribution is 2.25. The SMILES string of the molecule is CCCCCC(O)C1CCN(C(=O)c2ccc(-n3ccnc3)cc2)CC1. The minimum atomic E-state index is -0.215. The highest BCUT2D eigenvalue weighted by molar-refractivity contribution is 5.94. The van der Waals surface area contributed by atoms with Gasteiger partial charge in [-0.25, -0.2) is 4.98 Å². The quantitative estimate of drug-likeness (QED) is 0.771. The van der Waals surface area contributed by atoms with Gasteiger partial charge in [-0.3, -0.25) is 4.79 Å². The van der Waals surface area contributed by atoms with E-state index in [1.54, 1.807) is 12.5 Å². The van der Waals surface area contributed by atoms with E-state index in [1.165, 1.54) is 12.8 Å². The average molecular weight is 355 g/mol. The van der Waals surface area contributed by atoms with Gasteiger partial charge in [-0.05, 0) is 49.4 Å². The molecule has 0 spiro atoms. The number of benzene rings is 1. The highest BCUT2D eigenvalue weighted by Gasteiger charge is 2.27. The fourth-order valence-electron chi connectivity index (χ4n) is 3.70. The standard InChI is InChI=1S/C21H29N3O2/c1-2-3-4-5-20(25)17-10-13-23(14-11-17)21(26)18-6-8-19(9-7-18)24-15-12-22-16-24/h6-9,12,15-17,20,25H,2-5,10-11,13-14H2,1H3. The van der Waals surface area contributed by atoms with E-state index in [0.29, 0.717) is 5.92 Å². The molecule has 140 valence electrons. The lowest BCUT2D eigenvalue weighted by atomic mass is 9.88. The average Bonchev–Trinajstić information content (AvgIpc) is 3.23. The number of rotatable bonds is 7. The molecular weight excluding hydrogens is 326 g/mol. The van der Waals surface area contributed by atoms with E-state index in [-0.39, 0.29) is 12.0 Å². The third-order valence-corrected chi connectivity index (χ3v) is 5.39. The van der Waals surface area contributed by atoms with Gasteiger partial charge in [0.05, 0.1) is 12.4 Å². The van der Waals surface area contributed by atoms with E-state index in [4.69, 9.17) is 0 Å². The fourth-order valence-corrected chi connectivity index (χ4v) is 3.70. The highest BCUT2D eigenvalue weighted by atomic mass is 16.3. The van der Waals surface area contributed by atoms with Gasteiger partial charge in [0.1, 0.15) is 0 Å². The summed E-state index contributed by atoms with van der Waals surface area (Å²) in [6.45, 7) is 3.65. The third kappa shape index (κ3) is 4.52.